The lowest BCUT2D eigenvalue weighted by molar-refractivity contribution is -0.117. The topological polar surface area (TPSA) is 74.6 Å². The van der Waals surface area contributed by atoms with Gasteiger partial charge in [-0.25, -0.2) is 0 Å². The van der Waals surface area contributed by atoms with Crippen LogP contribution in [-0.2, 0) is 11.8 Å². The average molecular weight is 380 g/mol. The van der Waals surface area contributed by atoms with Gasteiger partial charge in [0.2, 0.25) is 5.91 Å². The molecule has 0 radical (unpaired) electrons. The number of benzene rings is 1. The van der Waals surface area contributed by atoms with Gasteiger partial charge in [-0.2, -0.15) is 5.10 Å². The summed E-state index contributed by atoms with van der Waals surface area (Å²) >= 11 is 0. The van der Waals surface area contributed by atoms with Gasteiger partial charge in [0.25, 0.3) is 0 Å². The molecular weight excluding hydrogens is 352 g/mol. The van der Waals surface area contributed by atoms with Crippen LogP contribution in [0.5, 0.6) is 0 Å². The fourth-order valence-electron chi connectivity index (χ4n) is 4.16. The molecule has 1 aromatic carbocycles. The number of aryl methyl sites for hydroxylation is 1. The molecule has 0 saturated carbocycles. The number of para-hydroxylation sites is 1. The summed E-state index contributed by atoms with van der Waals surface area (Å²) in [6.45, 7) is 5.48. The van der Waals surface area contributed by atoms with Crippen molar-refractivity contribution in [3.63, 3.8) is 0 Å². The molecule has 0 bridgehead atoms. The van der Waals surface area contributed by atoms with Crippen LogP contribution in [0.15, 0.2) is 41.7 Å². The van der Waals surface area contributed by atoms with E-state index < -0.39 is 0 Å². The molecular formula is C21H28N6O. The number of anilines is 1. The first-order chi connectivity index (χ1) is 13.7. The number of rotatable bonds is 5. The molecule has 0 spiro atoms. The summed E-state index contributed by atoms with van der Waals surface area (Å²) in [5, 5.41) is 10.7. The van der Waals surface area contributed by atoms with Crippen molar-refractivity contribution in [2.75, 3.05) is 31.5 Å². The van der Waals surface area contributed by atoms with Crippen LogP contribution in [-0.4, -0.2) is 52.7 Å². The third kappa shape index (κ3) is 3.74. The van der Waals surface area contributed by atoms with Crippen LogP contribution in [0, 0.1) is 0 Å². The van der Waals surface area contributed by atoms with E-state index in [-0.39, 0.29) is 11.8 Å². The normalized spacial score (nSPS) is 21.7. The summed E-state index contributed by atoms with van der Waals surface area (Å²) < 4.78 is 1.86. The van der Waals surface area contributed by atoms with Gasteiger partial charge in [0.15, 0.2) is 5.96 Å². The molecule has 2 aromatic rings. The third-order valence-electron chi connectivity index (χ3n) is 5.61. The number of hydrogen-bond acceptors (Lipinski definition) is 3. The second-order valence-electron chi connectivity index (χ2n) is 7.53. The minimum Gasteiger partial charge on any atom is -0.357 e. The molecule has 0 aliphatic carbocycles. The summed E-state index contributed by atoms with van der Waals surface area (Å²) in [7, 11) is 1.96. The van der Waals surface area contributed by atoms with Crippen LogP contribution >= 0.6 is 0 Å². The van der Waals surface area contributed by atoms with Gasteiger partial charge < -0.3 is 15.5 Å². The first kappa shape index (κ1) is 18.5. The lowest BCUT2D eigenvalue weighted by Gasteiger charge is -2.21. The zero-order valence-corrected chi connectivity index (χ0v) is 16.6. The zero-order chi connectivity index (χ0) is 19.5. The molecule has 1 aromatic heterocycles. The van der Waals surface area contributed by atoms with Crippen LogP contribution in [0.2, 0.25) is 0 Å². The van der Waals surface area contributed by atoms with Crippen LogP contribution in [0.25, 0.3) is 0 Å². The Bertz CT molecular complexity index is 873. The number of fused-ring (bicyclic) bond motifs is 1. The molecule has 2 unspecified atom stereocenters. The molecule has 1 amide bonds. The minimum atomic E-state index is -0.107. The molecule has 1 fully saturated rings. The molecule has 2 atom stereocenters. The van der Waals surface area contributed by atoms with Crippen molar-refractivity contribution in [3.05, 3.63) is 47.8 Å². The monoisotopic (exact) mass is 380 g/mol. The van der Waals surface area contributed by atoms with Crippen molar-refractivity contribution in [2.45, 2.75) is 31.6 Å². The number of nitrogens with zero attached hydrogens (tertiary/aromatic N) is 4. The Hall–Kier alpha value is -2.83. The number of likely N-dealkylation sites (tertiary alicyclic amines) is 1. The van der Waals surface area contributed by atoms with Gasteiger partial charge in [0.1, 0.15) is 0 Å². The smallest absolute Gasteiger partial charge is 0.232 e. The highest BCUT2D eigenvalue weighted by Crippen LogP contribution is 2.34. The van der Waals surface area contributed by atoms with E-state index >= 15 is 0 Å². The SMILES string of the molecule is CCNC(=NCCC1C(=O)Nc2ccccc21)N1CCC(c2cnn(C)c2)C1. The van der Waals surface area contributed by atoms with Crippen molar-refractivity contribution in [3.8, 4) is 0 Å². The average Bonchev–Trinajstić information content (AvgIpc) is 3.40. The maximum atomic E-state index is 12.3. The highest BCUT2D eigenvalue weighted by molar-refractivity contribution is 6.02. The number of carbonyl (C=O) groups is 1. The molecule has 3 heterocycles. The van der Waals surface area contributed by atoms with E-state index in [1.54, 1.807) is 0 Å². The maximum absolute atomic E-state index is 12.3. The van der Waals surface area contributed by atoms with Crippen LogP contribution in [0.3, 0.4) is 0 Å². The van der Waals surface area contributed by atoms with Gasteiger partial charge in [0.05, 0.1) is 12.1 Å². The molecule has 2 N–H and O–H groups in total. The van der Waals surface area contributed by atoms with Gasteiger partial charge in [-0.15, -0.1) is 0 Å². The van der Waals surface area contributed by atoms with E-state index in [4.69, 9.17) is 4.99 Å². The van der Waals surface area contributed by atoms with E-state index in [0.717, 1.165) is 49.7 Å². The molecule has 2 aliphatic rings. The quantitative estimate of drug-likeness (QED) is 0.617. The first-order valence-corrected chi connectivity index (χ1v) is 10.1. The highest BCUT2D eigenvalue weighted by Gasteiger charge is 2.30. The summed E-state index contributed by atoms with van der Waals surface area (Å²) in [5.74, 6) is 1.41. The Kier molecular flexibility index (Phi) is 5.32. The lowest BCUT2D eigenvalue weighted by Crippen LogP contribution is -2.40. The number of carbonyl (C=O) groups excluding carboxylic acids is 1. The van der Waals surface area contributed by atoms with Crippen molar-refractivity contribution < 1.29 is 4.79 Å². The van der Waals surface area contributed by atoms with Crippen LogP contribution in [0.4, 0.5) is 5.69 Å². The Morgan fingerprint density at radius 1 is 1.39 bits per heavy atom. The number of nitrogens with one attached hydrogen (secondary N) is 2. The Morgan fingerprint density at radius 2 is 2.25 bits per heavy atom. The van der Waals surface area contributed by atoms with Gasteiger partial charge in [-0.1, -0.05) is 18.2 Å². The molecule has 7 heteroatoms. The number of hydrogen-bond donors (Lipinski definition) is 2. The van der Waals surface area contributed by atoms with E-state index in [1.165, 1.54) is 5.56 Å². The second kappa shape index (κ2) is 8.04. The second-order valence-corrected chi connectivity index (χ2v) is 7.53. The summed E-state index contributed by atoms with van der Waals surface area (Å²) in [4.78, 5) is 19.5. The van der Waals surface area contributed by atoms with Crippen molar-refractivity contribution in [2.24, 2.45) is 12.0 Å². The largest absolute Gasteiger partial charge is 0.357 e. The number of aliphatic imine (C=N–C) groups is 1. The van der Waals surface area contributed by atoms with Crippen molar-refractivity contribution >= 4 is 17.6 Å². The van der Waals surface area contributed by atoms with Gasteiger partial charge in [0, 0.05) is 51.0 Å². The molecule has 7 nitrogen and oxygen atoms in total. The van der Waals surface area contributed by atoms with Crippen molar-refractivity contribution in [1.29, 1.82) is 0 Å². The highest BCUT2D eigenvalue weighted by atomic mass is 16.2. The number of aromatic nitrogens is 2. The summed E-state index contributed by atoms with van der Waals surface area (Å²) in [6, 6.07) is 7.94. The van der Waals surface area contributed by atoms with E-state index in [2.05, 4.69) is 33.8 Å². The Morgan fingerprint density at radius 3 is 3.04 bits per heavy atom. The number of amides is 1. The molecule has 148 valence electrons. The van der Waals surface area contributed by atoms with Gasteiger partial charge in [-0.3, -0.25) is 14.5 Å². The van der Waals surface area contributed by atoms with Crippen LogP contribution < -0.4 is 10.6 Å². The fourth-order valence-corrected chi connectivity index (χ4v) is 4.16. The van der Waals surface area contributed by atoms with Gasteiger partial charge in [-0.05, 0) is 37.0 Å². The maximum Gasteiger partial charge on any atom is 0.232 e. The molecule has 2 aliphatic heterocycles. The van der Waals surface area contributed by atoms with E-state index in [9.17, 15) is 4.79 Å². The predicted octanol–water partition coefficient (Wildman–Crippen LogP) is 2.30. The summed E-state index contributed by atoms with van der Waals surface area (Å²) in [5.41, 5.74) is 3.32. The first-order valence-electron chi connectivity index (χ1n) is 10.1. The Labute approximate surface area is 165 Å². The summed E-state index contributed by atoms with van der Waals surface area (Å²) in [6.07, 6.45) is 5.90. The Balaban J connectivity index is 1.39. The third-order valence-corrected chi connectivity index (χ3v) is 5.61. The van der Waals surface area contributed by atoms with E-state index in [0.29, 0.717) is 12.5 Å². The molecule has 1 saturated heterocycles. The van der Waals surface area contributed by atoms with Gasteiger partial charge >= 0.3 is 0 Å². The van der Waals surface area contributed by atoms with Crippen molar-refractivity contribution in [1.82, 2.24) is 20.0 Å². The van der Waals surface area contributed by atoms with Crippen LogP contribution in [0.1, 0.15) is 42.7 Å². The zero-order valence-electron chi connectivity index (χ0n) is 16.6. The standard InChI is InChI=1S/C21H28N6O/c1-3-22-21(27-11-9-15(14-27)16-12-24-26(2)13-16)23-10-8-18-17-6-4-5-7-19(17)25-20(18)28/h4-7,12-13,15,18H,3,8-11,14H2,1-2H3,(H,22,23)(H,25,28). The molecule has 4 rings (SSSR count). The van der Waals surface area contributed by atoms with E-state index in [1.807, 2.05) is 42.2 Å². The molecule has 28 heavy (non-hydrogen) atoms. The predicted molar refractivity (Wildman–Crippen MR) is 111 cm³/mol. The number of guanidine groups is 1. The lowest BCUT2D eigenvalue weighted by atomic mass is 9.97. The minimum absolute atomic E-state index is 0.0826. The fraction of sp³-hybridized carbons (Fsp3) is 0.476.